The Morgan fingerprint density at radius 3 is 3.00 bits per heavy atom. The Kier molecular flexibility index (Phi) is 2.92. The number of ether oxygens (including phenoxy) is 1. The topological polar surface area (TPSA) is 50.3 Å². The standard InChI is InChI=1S/C11H14N4OS/c1-8-6-17-10-9(8)12-7-13-11(10)14-15-2-4-16-5-3-15/h6-7H,2-5H2,1H3,(H,12,13,14). The molecule has 3 rings (SSSR count). The van der Waals surface area contributed by atoms with Crippen LogP contribution in [0.2, 0.25) is 0 Å². The van der Waals surface area contributed by atoms with Gasteiger partial charge >= 0.3 is 0 Å². The highest BCUT2D eigenvalue weighted by Gasteiger charge is 2.13. The number of anilines is 1. The van der Waals surface area contributed by atoms with Crippen molar-refractivity contribution in [3.8, 4) is 0 Å². The molecule has 1 aliphatic rings. The average Bonchev–Trinajstić information content (AvgIpc) is 2.74. The first-order valence-electron chi connectivity index (χ1n) is 5.63. The normalized spacial score (nSPS) is 17.5. The Bertz CT molecular complexity index is 521. The molecule has 1 fully saturated rings. The van der Waals surface area contributed by atoms with E-state index in [-0.39, 0.29) is 0 Å². The zero-order valence-corrected chi connectivity index (χ0v) is 10.5. The fourth-order valence-electron chi connectivity index (χ4n) is 1.87. The van der Waals surface area contributed by atoms with E-state index in [1.807, 2.05) is 0 Å². The molecule has 6 heteroatoms. The number of nitrogens with zero attached hydrogens (tertiary/aromatic N) is 3. The van der Waals surface area contributed by atoms with Crippen LogP contribution in [0, 0.1) is 6.92 Å². The molecule has 0 bridgehead atoms. The number of thiophene rings is 1. The summed E-state index contributed by atoms with van der Waals surface area (Å²) >= 11 is 1.68. The second-order valence-electron chi connectivity index (χ2n) is 4.03. The highest BCUT2D eigenvalue weighted by atomic mass is 32.1. The van der Waals surface area contributed by atoms with E-state index in [0.29, 0.717) is 0 Å². The molecule has 2 aromatic rings. The summed E-state index contributed by atoms with van der Waals surface area (Å²) in [7, 11) is 0. The Balaban J connectivity index is 1.89. The quantitative estimate of drug-likeness (QED) is 0.878. The minimum Gasteiger partial charge on any atom is -0.379 e. The van der Waals surface area contributed by atoms with Gasteiger partial charge in [0.25, 0.3) is 0 Å². The number of aromatic nitrogens is 2. The summed E-state index contributed by atoms with van der Waals surface area (Å²) in [6, 6.07) is 0. The molecule has 0 radical (unpaired) electrons. The fourth-order valence-corrected chi connectivity index (χ4v) is 2.82. The maximum Gasteiger partial charge on any atom is 0.161 e. The maximum atomic E-state index is 5.32. The van der Waals surface area contributed by atoms with E-state index in [0.717, 1.165) is 42.3 Å². The fraction of sp³-hybridized carbons (Fsp3) is 0.455. The summed E-state index contributed by atoms with van der Waals surface area (Å²) in [5.74, 6) is 0.898. The second-order valence-corrected chi connectivity index (χ2v) is 4.91. The zero-order valence-electron chi connectivity index (χ0n) is 9.64. The van der Waals surface area contributed by atoms with Crippen molar-refractivity contribution >= 4 is 27.4 Å². The summed E-state index contributed by atoms with van der Waals surface area (Å²) < 4.78 is 6.44. The monoisotopic (exact) mass is 250 g/mol. The van der Waals surface area contributed by atoms with Gasteiger partial charge in [0.05, 0.1) is 23.4 Å². The van der Waals surface area contributed by atoms with Crippen molar-refractivity contribution in [1.82, 2.24) is 15.0 Å². The first-order valence-corrected chi connectivity index (χ1v) is 6.51. The molecule has 17 heavy (non-hydrogen) atoms. The number of morpholine rings is 1. The Hall–Kier alpha value is -1.24. The number of rotatable bonds is 2. The van der Waals surface area contributed by atoms with Crippen LogP contribution in [-0.2, 0) is 4.74 Å². The van der Waals surface area contributed by atoms with Crippen LogP contribution in [0.4, 0.5) is 5.82 Å². The first-order chi connectivity index (χ1) is 8.34. The molecule has 1 aliphatic heterocycles. The van der Waals surface area contributed by atoms with Crippen LogP contribution < -0.4 is 5.43 Å². The summed E-state index contributed by atoms with van der Waals surface area (Å²) in [6.45, 7) is 5.38. The molecule has 0 aliphatic carbocycles. The summed E-state index contributed by atoms with van der Waals surface area (Å²) in [5, 5.41) is 4.25. The SMILES string of the molecule is Cc1csc2c(NN3CCOCC3)ncnc12. The number of hydrazine groups is 1. The van der Waals surface area contributed by atoms with Crippen molar-refractivity contribution in [3.63, 3.8) is 0 Å². The van der Waals surface area contributed by atoms with Crippen molar-refractivity contribution in [2.75, 3.05) is 31.7 Å². The van der Waals surface area contributed by atoms with Crippen LogP contribution in [-0.4, -0.2) is 41.3 Å². The number of aryl methyl sites for hydroxylation is 1. The van der Waals surface area contributed by atoms with E-state index in [1.54, 1.807) is 17.7 Å². The van der Waals surface area contributed by atoms with Crippen molar-refractivity contribution in [3.05, 3.63) is 17.3 Å². The third-order valence-corrected chi connectivity index (χ3v) is 3.90. The van der Waals surface area contributed by atoms with Gasteiger partial charge in [-0.2, -0.15) is 0 Å². The van der Waals surface area contributed by atoms with E-state index in [2.05, 4.69) is 32.7 Å². The highest BCUT2D eigenvalue weighted by molar-refractivity contribution is 7.17. The lowest BCUT2D eigenvalue weighted by molar-refractivity contribution is 0.0495. The van der Waals surface area contributed by atoms with E-state index >= 15 is 0 Å². The molecule has 2 aromatic heterocycles. The molecule has 0 atom stereocenters. The molecule has 1 N–H and O–H groups in total. The van der Waals surface area contributed by atoms with Crippen LogP contribution in [0.3, 0.4) is 0 Å². The molecule has 0 unspecified atom stereocenters. The van der Waals surface area contributed by atoms with Gasteiger partial charge in [-0.15, -0.1) is 11.3 Å². The van der Waals surface area contributed by atoms with E-state index in [9.17, 15) is 0 Å². The molecular formula is C11H14N4OS. The highest BCUT2D eigenvalue weighted by Crippen LogP contribution is 2.28. The molecule has 90 valence electrons. The number of hydrogen-bond acceptors (Lipinski definition) is 6. The van der Waals surface area contributed by atoms with Gasteiger partial charge in [-0.1, -0.05) is 0 Å². The molecule has 0 spiro atoms. The van der Waals surface area contributed by atoms with Gasteiger partial charge in [0.1, 0.15) is 6.33 Å². The largest absolute Gasteiger partial charge is 0.379 e. The van der Waals surface area contributed by atoms with E-state index in [1.165, 1.54) is 5.56 Å². The third kappa shape index (κ3) is 2.11. The van der Waals surface area contributed by atoms with Gasteiger partial charge in [-0.25, -0.2) is 15.0 Å². The molecule has 3 heterocycles. The van der Waals surface area contributed by atoms with Gasteiger partial charge < -0.3 is 10.2 Å². The van der Waals surface area contributed by atoms with E-state index < -0.39 is 0 Å². The summed E-state index contributed by atoms with van der Waals surface area (Å²) in [5.41, 5.74) is 5.60. The van der Waals surface area contributed by atoms with Gasteiger partial charge in [0.15, 0.2) is 5.82 Å². The molecule has 5 nitrogen and oxygen atoms in total. The van der Waals surface area contributed by atoms with E-state index in [4.69, 9.17) is 4.74 Å². The Labute approximate surface area is 103 Å². The molecular weight excluding hydrogens is 236 g/mol. The molecule has 1 saturated heterocycles. The first kappa shape index (κ1) is 10.9. The summed E-state index contributed by atoms with van der Waals surface area (Å²) in [6.07, 6.45) is 1.62. The summed E-state index contributed by atoms with van der Waals surface area (Å²) in [4.78, 5) is 8.63. The lowest BCUT2D eigenvalue weighted by Gasteiger charge is -2.27. The van der Waals surface area contributed by atoms with Crippen molar-refractivity contribution in [2.24, 2.45) is 0 Å². The Morgan fingerprint density at radius 1 is 1.35 bits per heavy atom. The van der Waals surface area contributed by atoms with Crippen LogP contribution in [0.25, 0.3) is 10.2 Å². The zero-order chi connectivity index (χ0) is 11.7. The lowest BCUT2D eigenvalue weighted by atomic mass is 10.3. The third-order valence-electron chi connectivity index (χ3n) is 2.81. The predicted octanol–water partition coefficient (Wildman–Crippen LogP) is 1.66. The predicted molar refractivity (Wildman–Crippen MR) is 68.2 cm³/mol. The minimum atomic E-state index is 0.769. The van der Waals surface area contributed by atoms with Crippen LogP contribution >= 0.6 is 11.3 Å². The number of hydrogen-bond donors (Lipinski definition) is 1. The van der Waals surface area contributed by atoms with Gasteiger partial charge in [-0.05, 0) is 17.9 Å². The second kappa shape index (κ2) is 4.56. The average molecular weight is 250 g/mol. The van der Waals surface area contributed by atoms with Gasteiger partial charge in [-0.3, -0.25) is 0 Å². The lowest BCUT2D eigenvalue weighted by Crippen LogP contribution is -2.40. The minimum absolute atomic E-state index is 0.769. The van der Waals surface area contributed by atoms with Gasteiger partial charge in [0, 0.05) is 13.1 Å². The molecule has 0 saturated carbocycles. The number of nitrogens with one attached hydrogen (secondary N) is 1. The van der Waals surface area contributed by atoms with Crippen LogP contribution in [0.15, 0.2) is 11.7 Å². The smallest absolute Gasteiger partial charge is 0.161 e. The molecule has 0 aromatic carbocycles. The molecule has 0 amide bonds. The van der Waals surface area contributed by atoms with Crippen molar-refractivity contribution < 1.29 is 4.74 Å². The number of fused-ring (bicyclic) bond motifs is 1. The van der Waals surface area contributed by atoms with Crippen LogP contribution in [0.1, 0.15) is 5.56 Å². The maximum absolute atomic E-state index is 5.32. The van der Waals surface area contributed by atoms with Crippen LogP contribution in [0.5, 0.6) is 0 Å². The van der Waals surface area contributed by atoms with Crippen molar-refractivity contribution in [2.45, 2.75) is 6.92 Å². The Morgan fingerprint density at radius 2 is 2.18 bits per heavy atom. The van der Waals surface area contributed by atoms with Crippen molar-refractivity contribution in [1.29, 1.82) is 0 Å². The van der Waals surface area contributed by atoms with Gasteiger partial charge in [0.2, 0.25) is 0 Å².